The van der Waals surface area contributed by atoms with E-state index in [0.29, 0.717) is 26.4 Å². The second kappa shape index (κ2) is 7.33. The first kappa shape index (κ1) is 16.6. The molecular weight excluding hydrogens is 264 g/mol. The van der Waals surface area contributed by atoms with Gasteiger partial charge in [0.05, 0.1) is 25.9 Å². The Bertz CT molecular complexity index is 340. The maximum absolute atomic E-state index is 12.1. The molecule has 0 saturated carbocycles. The predicted octanol–water partition coefficient (Wildman–Crippen LogP) is 1.37. The third-order valence-electron chi connectivity index (χ3n) is 2.61. The molecule has 7 heteroatoms. The number of carbonyl (C=O) groups is 2. The lowest BCUT2D eigenvalue weighted by Crippen LogP contribution is -2.54. The molecule has 0 spiro atoms. The van der Waals surface area contributed by atoms with E-state index < -0.39 is 17.8 Å². The number of alkyl carbamates (subject to hydrolysis) is 1. The molecule has 1 aliphatic heterocycles. The molecule has 1 saturated heterocycles. The van der Waals surface area contributed by atoms with Crippen molar-refractivity contribution in [2.45, 2.75) is 39.3 Å². The zero-order chi connectivity index (χ0) is 15.2. The molecule has 0 unspecified atom stereocenters. The SMILES string of the molecule is CCOC(=O)NC[C@@H]1COCCN1C(=O)OC(C)(C)C. The van der Waals surface area contributed by atoms with Crippen LogP contribution < -0.4 is 5.32 Å². The van der Waals surface area contributed by atoms with E-state index in [2.05, 4.69) is 5.32 Å². The van der Waals surface area contributed by atoms with Gasteiger partial charge in [-0.3, -0.25) is 4.90 Å². The second-order valence-corrected chi connectivity index (χ2v) is 5.50. The third-order valence-corrected chi connectivity index (χ3v) is 2.61. The summed E-state index contributed by atoms with van der Waals surface area (Å²) in [5.41, 5.74) is -0.547. The van der Waals surface area contributed by atoms with Crippen molar-refractivity contribution >= 4 is 12.2 Å². The van der Waals surface area contributed by atoms with E-state index in [0.717, 1.165) is 0 Å². The number of amides is 2. The summed E-state index contributed by atoms with van der Waals surface area (Å²) in [7, 11) is 0. The van der Waals surface area contributed by atoms with Gasteiger partial charge in [-0.2, -0.15) is 0 Å². The monoisotopic (exact) mass is 288 g/mol. The van der Waals surface area contributed by atoms with E-state index in [4.69, 9.17) is 14.2 Å². The molecule has 2 amide bonds. The number of nitrogens with zero attached hydrogens (tertiary/aromatic N) is 1. The minimum Gasteiger partial charge on any atom is -0.450 e. The van der Waals surface area contributed by atoms with Crippen LogP contribution in [0.15, 0.2) is 0 Å². The van der Waals surface area contributed by atoms with Gasteiger partial charge < -0.3 is 19.5 Å². The fourth-order valence-corrected chi connectivity index (χ4v) is 1.77. The maximum atomic E-state index is 12.1. The maximum Gasteiger partial charge on any atom is 0.410 e. The lowest BCUT2D eigenvalue weighted by molar-refractivity contribution is -0.0316. The molecule has 7 nitrogen and oxygen atoms in total. The second-order valence-electron chi connectivity index (χ2n) is 5.50. The zero-order valence-electron chi connectivity index (χ0n) is 12.6. The zero-order valence-corrected chi connectivity index (χ0v) is 12.6. The number of ether oxygens (including phenoxy) is 3. The molecule has 0 aliphatic carbocycles. The first-order chi connectivity index (χ1) is 9.33. The average molecular weight is 288 g/mol. The molecule has 0 bridgehead atoms. The van der Waals surface area contributed by atoms with E-state index in [1.807, 2.05) is 20.8 Å². The molecule has 1 N–H and O–H groups in total. The van der Waals surface area contributed by atoms with Gasteiger partial charge in [0.2, 0.25) is 0 Å². The number of hydrogen-bond acceptors (Lipinski definition) is 5. The minimum atomic E-state index is -0.547. The van der Waals surface area contributed by atoms with Crippen LogP contribution in [0.2, 0.25) is 0 Å². The van der Waals surface area contributed by atoms with Crippen molar-refractivity contribution in [2.75, 3.05) is 32.9 Å². The van der Waals surface area contributed by atoms with Crippen LogP contribution in [-0.2, 0) is 14.2 Å². The van der Waals surface area contributed by atoms with Crippen molar-refractivity contribution in [3.05, 3.63) is 0 Å². The number of morpholine rings is 1. The first-order valence-electron chi connectivity index (χ1n) is 6.81. The summed E-state index contributed by atoms with van der Waals surface area (Å²) in [5, 5.41) is 2.61. The lowest BCUT2D eigenvalue weighted by Gasteiger charge is -2.36. The van der Waals surface area contributed by atoms with Crippen molar-refractivity contribution in [3.63, 3.8) is 0 Å². The van der Waals surface area contributed by atoms with Gasteiger partial charge in [-0.1, -0.05) is 0 Å². The Hall–Kier alpha value is -1.50. The summed E-state index contributed by atoms with van der Waals surface area (Å²) < 4.78 is 15.5. The Morgan fingerprint density at radius 3 is 2.70 bits per heavy atom. The molecule has 1 heterocycles. The van der Waals surface area contributed by atoms with Crippen molar-refractivity contribution in [1.82, 2.24) is 10.2 Å². The molecule has 1 aliphatic rings. The van der Waals surface area contributed by atoms with E-state index in [-0.39, 0.29) is 12.6 Å². The highest BCUT2D eigenvalue weighted by atomic mass is 16.6. The van der Waals surface area contributed by atoms with Crippen LogP contribution in [0.3, 0.4) is 0 Å². The van der Waals surface area contributed by atoms with Crippen LogP contribution >= 0.6 is 0 Å². The van der Waals surface area contributed by atoms with Crippen LogP contribution in [0.1, 0.15) is 27.7 Å². The standard InChI is InChI=1S/C13H24N2O5/c1-5-19-11(16)14-8-10-9-18-7-6-15(10)12(17)20-13(2,3)4/h10H,5-9H2,1-4H3,(H,14,16)/t10-/m1/s1. The molecule has 0 radical (unpaired) electrons. The molecular formula is C13H24N2O5. The van der Waals surface area contributed by atoms with Crippen molar-refractivity contribution < 1.29 is 23.8 Å². The van der Waals surface area contributed by atoms with Crippen LogP contribution in [0, 0.1) is 0 Å². The van der Waals surface area contributed by atoms with E-state index in [1.54, 1.807) is 11.8 Å². The lowest BCUT2D eigenvalue weighted by atomic mass is 10.2. The predicted molar refractivity (Wildman–Crippen MR) is 72.6 cm³/mol. The van der Waals surface area contributed by atoms with Gasteiger partial charge in [0.25, 0.3) is 0 Å². The Kier molecular flexibility index (Phi) is 6.06. The van der Waals surface area contributed by atoms with Crippen molar-refractivity contribution in [2.24, 2.45) is 0 Å². The summed E-state index contributed by atoms with van der Waals surface area (Å²) in [4.78, 5) is 25.0. The Morgan fingerprint density at radius 1 is 1.40 bits per heavy atom. The molecule has 1 fully saturated rings. The molecule has 0 aromatic rings. The fraction of sp³-hybridized carbons (Fsp3) is 0.846. The van der Waals surface area contributed by atoms with Gasteiger partial charge >= 0.3 is 12.2 Å². The van der Waals surface area contributed by atoms with Gasteiger partial charge in [0, 0.05) is 13.1 Å². The molecule has 0 aromatic carbocycles. The van der Waals surface area contributed by atoms with Crippen molar-refractivity contribution in [1.29, 1.82) is 0 Å². The molecule has 0 aromatic heterocycles. The first-order valence-corrected chi connectivity index (χ1v) is 6.81. The third kappa shape index (κ3) is 5.64. The van der Waals surface area contributed by atoms with Gasteiger partial charge in [-0.25, -0.2) is 9.59 Å². The van der Waals surface area contributed by atoms with Gasteiger partial charge in [-0.15, -0.1) is 0 Å². The van der Waals surface area contributed by atoms with E-state index in [1.165, 1.54) is 0 Å². The van der Waals surface area contributed by atoms with Gasteiger partial charge in [0.1, 0.15) is 5.60 Å². The van der Waals surface area contributed by atoms with Gasteiger partial charge in [-0.05, 0) is 27.7 Å². The highest BCUT2D eigenvalue weighted by molar-refractivity contribution is 5.69. The number of hydrogen-bond donors (Lipinski definition) is 1. The summed E-state index contributed by atoms with van der Waals surface area (Å²) in [6, 6.07) is -0.247. The smallest absolute Gasteiger partial charge is 0.410 e. The Labute approximate surface area is 119 Å². The van der Waals surface area contributed by atoms with Crippen LogP contribution in [0.5, 0.6) is 0 Å². The summed E-state index contributed by atoms with van der Waals surface area (Å²) in [6.07, 6.45) is -0.890. The van der Waals surface area contributed by atoms with Gasteiger partial charge in [0.15, 0.2) is 0 Å². The largest absolute Gasteiger partial charge is 0.450 e. The van der Waals surface area contributed by atoms with Crippen LogP contribution in [0.4, 0.5) is 9.59 Å². The Balaban J connectivity index is 2.53. The highest BCUT2D eigenvalue weighted by Gasteiger charge is 2.31. The number of carbonyl (C=O) groups excluding carboxylic acids is 2. The summed E-state index contributed by atoms with van der Waals surface area (Å²) in [6.45, 7) is 9.05. The average Bonchev–Trinajstić information content (AvgIpc) is 2.35. The molecule has 1 rings (SSSR count). The van der Waals surface area contributed by atoms with E-state index in [9.17, 15) is 9.59 Å². The van der Waals surface area contributed by atoms with Crippen molar-refractivity contribution in [3.8, 4) is 0 Å². The number of nitrogens with one attached hydrogen (secondary N) is 1. The normalized spacial score (nSPS) is 19.4. The molecule has 20 heavy (non-hydrogen) atoms. The quantitative estimate of drug-likeness (QED) is 0.848. The minimum absolute atomic E-state index is 0.247. The topological polar surface area (TPSA) is 77.1 Å². The van der Waals surface area contributed by atoms with Crippen LogP contribution in [-0.4, -0.2) is 61.6 Å². The molecule has 116 valence electrons. The summed E-state index contributed by atoms with van der Waals surface area (Å²) >= 11 is 0. The fourth-order valence-electron chi connectivity index (χ4n) is 1.77. The van der Waals surface area contributed by atoms with Crippen LogP contribution in [0.25, 0.3) is 0 Å². The number of rotatable bonds is 3. The van der Waals surface area contributed by atoms with E-state index >= 15 is 0 Å². The Morgan fingerprint density at radius 2 is 2.10 bits per heavy atom. The summed E-state index contributed by atoms with van der Waals surface area (Å²) in [5.74, 6) is 0. The molecule has 1 atom stereocenters. The highest BCUT2D eigenvalue weighted by Crippen LogP contribution is 2.14.